The lowest BCUT2D eigenvalue weighted by Gasteiger charge is -2.09. The smallest absolute Gasteiger partial charge is 0.242 e. The van der Waals surface area contributed by atoms with Gasteiger partial charge in [-0.25, -0.2) is 13.1 Å². The molecule has 1 aromatic rings. The molecule has 0 atom stereocenters. The average Bonchev–Trinajstić information content (AvgIpc) is 3.19. The number of sulfonamides is 1. The van der Waals surface area contributed by atoms with E-state index >= 15 is 0 Å². The highest BCUT2D eigenvalue weighted by Crippen LogP contribution is 2.33. The van der Waals surface area contributed by atoms with Crippen molar-refractivity contribution in [3.8, 4) is 0 Å². The third-order valence-electron chi connectivity index (χ3n) is 3.30. The SMILES string of the molecule is NCc1ccc(Cl)c(S(=O)(=O)NCCCC2CC2)c1. The first-order chi connectivity index (χ1) is 9.03. The van der Waals surface area contributed by atoms with Gasteiger partial charge in [-0.15, -0.1) is 0 Å². The van der Waals surface area contributed by atoms with Crippen LogP contribution in [0.15, 0.2) is 23.1 Å². The Morgan fingerprint density at radius 1 is 1.37 bits per heavy atom. The fraction of sp³-hybridized carbons (Fsp3) is 0.538. The molecule has 1 fully saturated rings. The number of nitrogens with one attached hydrogen (secondary N) is 1. The van der Waals surface area contributed by atoms with Gasteiger partial charge in [0.15, 0.2) is 0 Å². The lowest BCUT2D eigenvalue weighted by molar-refractivity contribution is 0.572. The Kier molecular flexibility index (Phi) is 4.84. The molecule has 0 aromatic heterocycles. The van der Waals surface area contributed by atoms with Gasteiger partial charge >= 0.3 is 0 Å². The zero-order valence-electron chi connectivity index (χ0n) is 10.7. The van der Waals surface area contributed by atoms with Gasteiger partial charge in [-0.2, -0.15) is 0 Å². The van der Waals surface area contributed by atoms with Crippen molar-refractivity contribution in [2.75, 3.05) is 6.54 Å². The van der Waals surface area contributed by atoms with Crippen LogP contribution in [0.2, 0.25) is 5.02 Å². The maximum atomic E-state index is 12.1. The van der Waals surface area contributed by atoms with E-state index in [0.717, 1.165) is 24.3 Å². The minimum Gasteiger partial charge on any atom is -0.326 e. The average molecular weight is 303 g/mol. The van der Waals surface area contributed by atoms with E-state index in [1.807, 2.05) is 0 Å². The zero-order valence-corrected chi connectivity index (χ0v) is 12.3. The van der Waals surface area contributed by atoms with E-state index < -0.39 is 10.0 Å². The van der Waals surface area contributed by atoms with Crippen LogP contribution < -0.4 is 10.5 Å². The monoisotopic (exact) mass is 302 g/mol. The van der Waals surface area contributed by atoms with Crippen molar-refractivity contribution < 1.29 is 8.42 Å². The number of hydrogen-bond donors (Lipinski definition) is 2. The Hall–Kier alpha value is -0.620. The van der Waals surface area contributed by atoms with Gasteiger partial charge in [0.2, 0.25) is 10.0 Å². The normalized spacial score (nSPS) is 15.7. The summed E-state index contributed by atoms with van der Waals surface area (Å²) in [6.45, 7) is 0.753. The predicted molar refractivity (Wildman–Crippen MR) is 76.5 cm³/mol. The first-order valence-corrected chi connectivity index (χ1v) is 8.37. The minimum absolute atomic E-state index is 0.114. The molecule has 0 amide bonds. The van der Waals surface area contributed by atoms with Crippen molar-refractivity contribution in [1.82, 2.24) is 4.72 Å². The highest BCUT2D eigenvalue weighted by molar-refractivity contribution is 7.89. The number of nitrogens with two attached hydrogens (primary N) is 1. The van der Waals surface area contributed by atoms with E-state index in [1.165, 1.54) is 18.9 Å². The third-order valence-corrected chi connectivity index (χ3v) is 5.24. The predicted octanol–water partition coefficient (Wildman–Crippen LogP) is 2.27. The van der Waals surface area contributed by atoms with E-state index in [0.29, 0.717) is 13.1 Å². The van der Waals surface area contributed by atoms with Crippen molar-refractivity contribution in [3.63, 3.8) is 0 Å². The summed E-state index contributed by atoms with van der Waals surface area (Å²) < 4.78 is 26.9. The Labute approximate surface area is 119 Å². The largest absolute Gasteiger partial charge is 0.326 e. The van der Waals surface area contributed by atoms with Crippen LogP contribution in [0.25, 0.3) is 0 Å². The number of benzene rings is 1. The summed E-state index contributed by atoms with van der Waals surface area (Å²) in [5.41, 5.74) is 6.27. The molecule has 1 saturated carbocycles. The number of hydrogen-bond acceptors (Lipinski definition) is 3. The molecule has 1 aliphatic rings. The minimum atomic E-state index is -3.54. The number of halogens is 1. The summed E-state index contributed by atoms with van der Waals surface area (Å²) in [7, 11) is -3.54. The molecule has 0 unspecified atom stereocenters. The lowest BCUT2D eigenvalue weighted by atomic mass is 10.2. The highest BCUT2D eigenvalue weighted by atomic mass is 35.5. The van der Waals surface area contributed by atoms with Gasteiger partial charge in [0.25, 0.3) is 0 Å². The van der Waals surface area contributed by atoms with Crippen LogP contribution in [0.5, 0.6) is 0 Å². The molecule has 0 saturated heterocycles. The second kappa shape index (κ2) is 6.22. The molecule has 106 valence electrons. The van der Waals surface area contributed by atoms with Crippen LogP contribution in [-0.4, -0.2) is 15.0 Å². The third kappa shape index (κ3) is 4.18. The Bertz CT molecular complexity index is 542. The fourth-order valence-electron chi connectivity index (χ4n) is 1.96. The van der Waals surface area contributed by atoms with Crippen molar-refractivity contribution in [3.05, 3.63) is 28.8 Å². The molecule has 4 nitrogen and oxygen atoms in total. The van der Waals surface area contributed by atoms with Crippen molar-refractivity contribution in [1.29, 1.82) is 0 Å². The Morgan fingerprint density at radius 2 is 2.11 bits per heavy atom. The second-order valence-corrected chi connectivity index (χ2v) is 7.09. The molecular formula is C13H19ClN2O2S. The van der Waals surface area contributed by atoms with Crippen LogP contribution >= 0.6 is 11.6 Å². The molecule has 19 heavy (non-hydrogen) atoms. The fourth-order valence-corrected chi connectivity index (χ4v) is 3.58. The van der Waals surface area contributed by atoms with Crippen LogP contribution in [0.3, 0.4) is 0 Å². The molecule has 1 aliphatic carbocycles. The van der Waals surface area contributed by atoms with Gasteiger partial charge in [-0.1, -0.05) is 30.5 Å². The van der Waals surface area contributed by atoms with Gasteiger partial charge in [0.1, 0.15) is 4.90 Å². The van der Waals surface area contributed by atoms with Crippen molar-refractivity contribution in [2.24, 2.45) is 11.7 Å². The summed E-state index contributed by atoms with van der Waals surface area (Å²) in [6.07, 6.45) is 4.55. The van der Waals surface area contributed by atoms with E-state index in [1.54, 1.807) is 12.1 Å². The molecule has 2 rings (SSSR count). The zero-order chi connectivity index (χ0) is 13.9. The maximum absolute atomic E-state index is 12.1. The van der Waals surface area contributed by atoms with E-state index in [4.69, 9.17) is 17.3 Å². The molecule has 3 N–H and O–H groups in total. The van der Waals surface area contributed by atoms with Gasteiger partial charge < -0.3 is 5.73 Å². The van der Waals surface area contributed by atoms with Gasteiger partial charge in [0.05, 0.1) is 5.02 Å². The van der Waals surface area contributed by atoms with Crippen molar-refractivity contribution in [2.45, 2.75) is 37.1 Å². The summed E-state index contributed by atoms with van der Waals surface area (Å²) >= 11 is 5.95. The van der Waals surface area contributed by atoms with Gasteiger partial charge in [0, 0.05) is 13.1 Å². The summed E-state index contributed by atoms with van der Waals surface area (Å²) in [5, 5.41) is 0.229. The molecule has 0 heterocycles. The molecule has 0 spiro atoms. The van der Waals surface area contributed by atoms with Crippen molar-refractivity contribution >= 4 is 21.6 Å². The first kappa shape index (κ1) is 14.8. The van der Waals surface area contributed by atoms with E-state index in [-0.39, 0.29) is 9.92 Å². The molecule has 1 aromatic carbocycles. The molecular weight excluding hydrogens is 284 g/mol. The van der Waals surface area contributed by atoms with Gasteiger partial charge in [-0.3, -0.25) is 0 Å². The summed E-state index contributed by atoms with van der Waals surface area (Å²) in [5.74, 6) is 0.814. The van der Waals surface area contributed by atoms with E-state index in [9.17, 15) is 8.42 Å². The molecule has 0 bridgehead atoms. The standard InChI is InChI=1S/C13H19ClN2O2S/c14-12-6-5-11(9-15)8-13(12)19(17,18)16-7-1-2-10-3-4-10/h5-6,8,10,16H,1-4,7,9,15H2. The summed E-state index contributed by atoms with van der Waals surface area (Å²) in [6, 6.07) is 4.84. The van der Waals surface area contributed by atoms with Gasteiger partial charge in [-0.05, 0) is 36.5 Å². The molecule has 0 radical (unpaired) electrons. The highest BCUT2D eigenvalue weighted by Gasteiger charge is 2.21. The second-order valence-electron chi connectivity index (χ2n) is 4.95. The maximum Gasteiger partial charge on any atom is 0.242 e. The molecule has 6 heteroatoms. The van der Waals surface area contributed by atoms with Crippen LogP contribution in [0.4, 0.5) is 0 Å². The Morgan fingerprint density at radius 3 is 2.74 bits per heavy atom. The van der Waals surface area contributed by atoms with E-state index in [2.05, 4.69) is 4.72 Å². The quantitative estimate of drug-likeness (QED) is 0.759. The van der Waals surface area contributed by atoms with Crippen LogP contribution in [-0.2, 0) is 16.6 Å². The molecule has 0 aliphatic heterocycles. The Balaban J connectivity index is 2.00. The topological polar surface area (TPSA) is 72.2 Å². The summed E-state index contributed by atoms with van der Waals surface area (Å²) in [4.78, 5) is 0.114. The first-order valence-electron chi connectivity index (χ1n) is 6.51. The number of rotatable bonds is 7. The lowest BCUT2D eigenvalue weighted by Crippen LogP contribution is -2.25. The van der Waals surface area contributed by atoms with Crippen LogP contribution in [0.1, 0.15) is 31.2 Å². The van der Waals surface area contributed by atoms with Crippen LogP contribution in [0, 0.1) is 5.92 Å².